The highest BCUT2D eigenvalue weighted by Gasteiger charge is 2.12. The van der Waals surface area contributed by atoms with Gasteiger partial charge in [0.2, 0.25) is 0 Å². The van der Waals surface area contributed by atoms with Crippen molar-refractivity contribution in [2.75, 3.05) is 7.05 Å². The van der Waals surface area contributed by atoms with E-state index in [-0.39, 0.29) is 11.9 Å². The maximum Gasteiger partial charge on any atom is 0.123 e. The first-order chi connectivity index (χ1) is 9.08. The maximum atomic E-state index is 13.2. The zero-order valence-corrected chi connectivity index (χ0v) is 11.7. The molecule has 0 spiro atoms. The zero-order chi connectivity index (χ0) is 13.8. The first kappa shape index (κ1) is 13.7. The van der Waals surface area contributed by atoms with Gasteiger partial charge in [-0.1, -0.05) is 12.1 Å². The molecule has 0 fully saturated rings. The van der Waals surface area contributed by atoms with E-state index in [1.54, 1.807) is 12.1 Å². The molecule has 2 aromatic rings. The molecule has 0 aliphatic carbocycles. The molecule has 1 aromatic heterocycles. The molecule has 1 atom stereocenters. The second-order valence-electron chi connectivity index (χ2n) is 4.92. The third kappa shape index (κ3) is 3.64. The minimum atomic E-state index is -0.177. The molecule has 0 aliphatic heterocycles. The van der Waals surface area contributed by atoms with Crippen LogP contribution < -0.4 is 5.32 Å². The number of hydrogen-bond donors (Lipinski definition) is 1. The second kappa shape index (κ2) is 5.97. The van der Waals surface area contributed by atoms with E-state index in [9.17, 15) is 4.39 Å². The van der Waals surface area contributed by atoms with Gasteiger partial charge in [0.05, 0.1) is 5.69 Å². The number of aryl methyl sites for hydroxylation is 2. The Morgan fingerprint density at radius 1 is 1.32 bits per heavy atom. The number of benzene rings is 1. The average Bonchev–Trinajstić information content (AvgIpc) is 2.67. The maximum absolute atomic E-state index is 13.2. The summed E-state index contributed by atoms with van der Waals surface area (Å²) in [5, 5.41) is 7.64. The Kier molecular flexibility index (Phi) is 4.32. The van der Waals surface area contributed by atoms with Crippen molar-refractivity contribution in [2.24, 2.45) is 7.05 Å². The van der Waals surface area contributed by atoms with Crippen LogP contribution in [0.5, 0.6) is 0 Å². The van der Waals surface area contributed by atoms with Crippen molar-refractivity contribution in [1.29, 1.82) is 0 Å². The summed E-state index contributed by atoms with van der Waals surface area (Å²) in [7, 11) is 3.89. The van der Waals surface area contributed by atoms with E-state index in [1.165, 1.54) is 11.8 Å². The van der Waals surface area contributed by atoms with E-state index in [1.807, 2.05) is 31.8 Å². The number of nitrogens with zero attached hydrogens (tertiary/aromatic N) is 2. The van der Waals surface area contributed by atoms with Crippen molar-refractivity contribution in [2.45, 2.75) is 25.8 Å². The minimum absolute atomic E-state index is 0.177. The van der Waals surface area contributed by atoms with Gasteiger partial charge >= 0.3 is 0 Å². The van der Waals surface area contributed by atoms with Gasteiger partial charge in [-0.05, 0) is 44.2 Å². The fraction of sp³-hybridized carbons (Fsp3) is 0.400. The van der Waals surface area contributed by atoms with Crippen molar-refractivity contribution in [3.05, 3.63) is 53.1 Å². The minimum Gasteiger partial charge on any atom is -0.316 e. The van der Waals surface area contributed by atoms with Gasteiger partial charge in [-0.15, -0.1) is 0 Å². The van der Waals surface area contributed by atoms with Gasteiger partial charge in [0, 0.05) is 25.2 Å². The van der Waals surface area contributed by atoms with Crippen LogP contribution in [0.1, 0.15) is 17.0 Å². The second-order valence-corrected chi connectivity index (χ2v) is 4.92. The molecule has 0 amide bonds. The van der Waals surface area contributed by atoms with Crippen LogP contribution in [0.2, 0.25) is 0 Å². The van der Waals surface area contributed by atoms with Crippen LogP contribution in [0.15, 0.2) is 30.3 Å². The number of likely N-dealkylation sites (N-methyl/N-ethyl adjacent to an activating group) is 1. The number of rotatable bonds is 5. The highest BCUT2D eigenvalue weighted by molar-refractivity contribution is 5.18. The lowest BCUT2D eigenvalue weighted by molar-refractivity contribution is 0.531. The van der Waals surface area contributed by atoms with E-state index in [0.29, 0.717) is 0 Å². The van der Waals surface area contributed by atoms with E-state index in [2.05, 4.69) is 16.5 Å². The van der Waals surface area contributed by atoms with Crippen LogP contribution in [-0.4, -0.2) is 22.9 Å². The van der Waals surface area contributed by atoms with Gasteiger partial charge in [0.25, 0.3) is 0 Å². The molecule has 3 nitrogen and oxygen atoms in total. The zero-order valence-electron chi connectivity index (χ0n) is 11.7. The average molecular weight is 261 g/mol. The van der Waals surface area contributed by atoms with Gasteiger partial charge < -0.3 is 5.32 Å². The Morgan fingerprint density at radius 3 is 2.68 bits per heavy atom. The van der Waals surface area contributed by atoms with Crippen LogP contribution in [0.25, 0.3) is 0 Å². The van der Waals surface area contributed by atoms with Crippen molar-refractivity contribution in [1.82, 2.24) is 15.1 Å². The molecule has 2 rings (SSSR count). The number of hydrogen-bond acceptors (Lipinski definition) is 2. The Labute approximate surface area is 113 Å². The fourth-order valence-corrected chi connectivity index (χ4v) is 2.33. The molecular formula is C15H20FN3. The molecule has 4 heteroatoms. The highest BCUT2D eigenvalue weighted by atomic mass is 19.1. The Morgan fingerprint density at radius 2 is 2.11 bits per heavy atom. The van der Waals surface area contributed by atoms with E-state index >= 15 is 0 Å². The predicted octanol–water partition coefficient (Wildman–Crippen LogP) is 2.24. The van der Waals surface area contributed by atoms with Crippen molar-refractivity contribution >= 4 is 0 Å². The molecule has 19 heavy (non-hydrogen) atoms. The molecule has 1 aromatic carbocycles. The number of nitrogens with one attached hydrogen (secondary N) is 1. The first-order valence-corrected chi connectivity index (χ1v) is 6.49. The molecule has 0 radical (unpaired) electrons. The van der Waals surface area contributed by atoms with Crippen molar-refractivity contribution in [3.8, 4) is 0 Å². The highest BCUT2D eigenvalue weighted by Crippen LogP contribution is 2.11. The molecule has 0 saturated heterocycles. The molecule has 102 valence electrons. The van der Waals surface area contributed by atoms with Crippen LogP contribution >= 0.6 is 0 Å². The lowest BCUT2D eigenvalue weighted by atomic mass is 10.0. The largest absolute Gasteiger partial charge is 0.316 e. The lowest BCUT2D eigenvalue weighted by Crippen LogP contribution is -2.30. The summed E-state index contributed by atoms with van der Waals surface area (Å²) in [4.78, 5) is 0. The first-order valence-electron chi connectivity index (χ1n) is 6.49. The molecule has 0 bridgehead atoms. The SMILES string of the molecule is CNC(Cc1cccc(F)c1)Cc1cc(C)nn1C. The van der Waals surface area contributed by atoms with Crippen molar-refractivity contribution in [3.63, 3.8) is 0 Å². The van der Waals surface area contributed by atoms with Gasteiger partial charge in [-0.2, -0.15) is 5.10 Å². The molecule has 1 unspecified atom stereocenters. The predicted molar refractivity (Wildman–Crippen MR) is 74.6 cm³/mol. The molecule has 1 heterocycles. The van der Waals surface area contributed by atoms with Gasteiger partial charge in [-0.3, -0.25) is 4.68 Å². The summed E-state index contributed by atoms with van der Waals surface area (Å²) in [6, 6.07) is 9.15. The monoisotopic (exact) mass is 261 g/mol. The lowest BCUT2D eigenvalue weighted by Gasteiger charge is -2.16. The molecule has 1 N–H and O–H groups in total. The smallest absolute Gasteiger partial charge is 0.123 e. The fourth-order valence-electron chi connectivity index (χ4n) is 2.33. The Balaban J connectivity index is 2.06. The van der Waals surface area contributed by atoms with Gasteiger partial charge in [-0.25, -0.2) is 4.39 Å². The van der Waals surface area contributed by atoms with E-state index in [0.717, 1.165) is 24.1 Å². The van der Waals surface area contributed by atoms with Crippen LogP contribution in [0.3, 0.4) is 0 Å². The molecule has 0 aliphatic rings. The summed E-state index contributed by atoms with van der Waals surface area (Å²) in [5.41, 5.74) is 3.23. The Bertz CT molecular complexity index is 548. The quantitative estimate of drug-likeness (QED) is 0.894. The standard InChI is InChI=1S/C15H20FN3/c1-11-7-15(19(3)18-11)10-14(17-2)9-12-5-4-6-13(16)8-12/h4-8,14,17H,9-10H2,1-3H3. The van der Waals surface area contributed by atoms with Crippen LogP contribution in [-0.2, 0) is 19.9 Å². The van der Waals surface area contributed by atoms with Crippen LogP contribution in [0, 0.1) is 12.7 Å². The summed E-state index contributed by atoms with van der Waals surface area (Å²) in [6.07, 6.45) is 1.68. The number of halogens is 1. The van der Waals surface area contributed by atoms with E-state index < -0.39 is 0 Å². The third-order valence-corrected chi connectivity index (χ3v) is 3.33. The van der Waals surface area contributed by atoms with Gasteiger partial charge in [0.15, 0.2) is 0 Å². The topological polar surface area (TPSA) is 29.9 Å². The third-order valence-electron chi connectivity index (χ3n) is 3.33. The summed E-state index contributed by atoms with van der Waals surface area (Å²) in [5.74, 6) is -0.177. The summed E-state index contributed by atoms with van der Waals surface area (Å²) in [6.45, 7) is 1.99. The molecule has 0 saturated carbocycles. The summed E-state index contributed by atoms with van der Waals surface area (Å²) >= 11 is 0. The van der Waals surface area contributed by atoms with Crippen molar-refractivity contribution < 1.29 is 4.39 Å². The number of aromatic nitrogens is 2. The van der Waals surface area contributed by atoms with Crippen LogP contribution in [0.4, 0.5) is 4.39 Å². The Hall–Kier alpha value is -1.68. The summed E-state index contributed by atoms with van der Waals surface area (Å²) < 4.78 is 15.1. The normalized spacial score (nSPS) is 12.6. The van der Waals surface area contributed by atoms with Gasteiger partial charge in [0.1, 0.15) is 5.82 Å². The van der Waals surface area contributed by atoms with E-state index in [4.69, 9.17) is 0 Å². The molecular weight excluding hydrogens is 241 g/mol.